The Hall–Kier alpha value is -3.61. The average molecular weight is 538 g/mol. The van der Waals surface area contributed by atoms with Gasteiger partial charge in [-0.2, -0.15) is 8.78 Å². The van der Waals surface area contributed by atoms with Gasteiger partial charge in [0.15, 0.2) is 11.4 Å². The fourth-order valence-electron chi connectivity index (χ4n) is 5.78. The molecule has 7 rings (SSSR count). The van der Waals surface area contributed by atoms with Crippen molar-refractivity contribution in [3.05, 3.63) is 71.6 Å². The van der Waals surface area contributed by atoms with Gasteiger partial charge in [0.2, 0.25) is 0 Å². The zero-order valence-corrected chi connectivity index (χ0v) is 20.6. The molecule has 2 aromatic carbocycles. The van der Waals surface area contributed by atoms with Gasteiger partial charge in [0.25, 0.3) is 5.91 Å². The number of hydrogen-bond donors (Lipinski definition) is 2. The van der Waals surface area contributed by atoms with Crippen LogP contribution in [0.2, 0.25) is 0 Å². The van der Waals surface area contributed by atoms with Crippen LogP contribution in [-0.2, 0) is 16.8 Å². The summed E-state index contributed by atoms with van der Waals surface area (Å²) in [5.74, 6) is 1.06. The molecule has 5 heterocycles. The lowest BCUT2D eigenvalue weighted by Gasteiger charge is -2.21. The number of hydrogen-bond acceptors (Lipinski definition) is 7. The summed E-state index contributed by atoms with van der Waals surface area (Å²) in [7, 11) is 0. The number of halogens is 2. The number of alkyl halides is 2. The number of fused-ring (bicyclic) bond motifs is 9. The first-order valence-electron chi connectivity index (χ1n) is 12.1. The van der Waals surface area contributed by atoms with E-state index in [0.29, 0.717) is 46.6 Å². The first kappa shape index (κ1) is 23.5. The molecule has 3 aliphatic rings. The van der Waals surface area contributed by atoms with E-state index in [0.717, 1.165) is 11.1 Å². The summed E-state index contributed by atoms with van der Waals surface area (Å²) in [4.78, 5) is 26.4. The topological polar surface area (TPSA) is 125 Å². The van der Waals surface area contributed by atoms with Gasteiger partial charge >= 0.3 is 6.61 Å². The third kappa shape index (κ3) is 3.58. The first-order chi connectivity index (χ1) is 18.3. The van der Waals surface area contributed by atoms with E-state index in [2.05, 4.69) is 15.3 Å². The van der Waals surface area contributed by atoms with E-state index in [4.69, 9.17) is 9.72 Å². The van der Waals surface area contributed by atoms with Gasteiger partial charge in [0.05, 0.1) is 23.1 Å². The van der Waals surface area contributed by atoms with Crippen LogP contribution in [-0.4, -0.2) is 53.2 Å². The Labute approximate surface area is 218 Å². The van der Waals surface area contributed by atoms with Crippen LogP contribution in [0.5, 0.6) is 5.75 Å². The third-order valence-corrected chi connectivity index (χ3v) is 8.97. The molecule has 2 bridgehead atoms. The Bertz CT molecular complexity index is 1600. The largest absolute Gasteiger partial charge is 0.616 e. The number of amides is 1. The van der Waals surface area contributed by atoms with Crippen LogP contribution in [0.1, 0.15) is 52.5 Å². The first-order valence-corrected chi connectivity index (χ1v) is 13.6. The van der Waals surface area contributed by atoms with Gasteiger partial charge in [0, 0.05) is 35.5 Å². The number of rotatable bonds is 4. The summed E-state index contributed by atoms with van der Waals surface area (Å²) in [5, 5.41) is 13.8. The summed E-state index contributed by atoms with van der Waals surface area (Å²) < 4.78 is 45.1. The molecule has 9 nitrogen and oxygen atoms in total. The molecule has 0 radical (unpaired) electrons. The van der Waals surface area contributed by atoms with Crippen LogP contribution in [0.15, 0.2) is 48.8 Å². The number of carbonyl (C=O) groups is 1. The number of benzene rings is 2. The van der Waals surface area contributed by atoms with E-state index >= 15 is 0 Å². The van der Waals surface area contributed by atoms with Crippen molar-refractivity contribution >= 4 is 28.1 Å². The van der Waals surface area contributed by atoms with E-state index < -0.39 is 29.4 Å². The maximum Gasteiger partial charge on any atom is 0.387 e. The highest BCUT2D eigenvalue weighted by Crippen LogP contribution is 2.47. The number of ether oxygens (including phenoxy) is 1. The predicted octanol–water partition coefficient (Wildman–Crippen LogP) is 3.21. The van der Waals surface area contributed by atoms with Crippen LogP contribution in [0, 0.1) is 0 Å². The maximum absolute atomic E-state index is 13.2. The molecule has 2 N–H and O–H groups in total. The molecule has 4 atom stereocenters. The molecule has 1 amide bonds. The summed E-state index contributed by atoms with van der Waals surface area (Å²) in [6.45, 7) is -3.03. The fraction of sp³-hybridized carbons (Fsp3) is 0.308. The van der Waals surface area contributed by atoms with Crippen LogP contribution >= 0.6 is 0 Å². The Kier molecular flexibility index (Phi) is 5.23. The molecular weight excluding hydrogens is 516 g/mol. The summed E-state index contributed by atoms with van der Waals surface area (Å²) in [6, 6.07) is 9.44. The highest BCUT2D eigenvalue weighted by atomic mass is 32.2. The smallest absolute Gasteiger partial charge is 0.387 e. The van der Waals surface area contributed by atoms with E-state index in [9.17, 15) is 23.2 Å². The van der Waals surface area contributed by atoms with Crippen molar-refractivity contribution in [1.29, 1.82) is 0 Å². The molecule has 38 heavy (non-hydrogen) atoms. The fourth-order valence-corrected chi connectivity index (χ4v) is 7.29. The van der Waals surface area contributed by atoms with Gasteiger partial charge in [-0.05, 0) is 36.2 Å². The summed E-state index contributed by atoms with van der Waals surface area (Å²) >= 11 is -1.09. The van der Waals surface area contributed by atoms with E-state index in [1.807, 2.05) is 22.8 Å². The quantitative estimate of drug-likeness (QED) is 0.383. The molecule has 0 aliphatic carbocycles. The molecule has 2 aromatic heterocycles. The second-order valence-corrected chi connectivity index (χ2v) is 11.4. The standard InChI is InChI=1S/C26H21F2N5O4S/c27-25(28)37-20-3-1-2-15-21(20)19-9-17(32-23(15)34)22-31-16-5-4-13(8-18(16)33(19)22)14-10-29-24(30-11-14)26(35)6-7-38(36)12-26/h1-5,8,10-11,17,19,25,35H,6-7,9,12H2,(H,32,34)/t17-,19-,26+,38?/m1/s1. The van der Waals surface area contributed by atoms with Gasteiger partial charge in [-0.15, -0.1) is 0 Å². The molecule has 4 aromatic rings. The Balaban J connectivity index is 1.31. The zero-order chi connectivity index (χ0) is 26.2. The van der Waals surface area contributed by atoms with Crippen molar-refractivity contribution in [1.82, 2.24) is 24.8 Å². The number of aromatic nitrogens is 4. The lowest BCUT2D eigenvalue weighted by atomic mass is 9.97. The predicted molar refractivity (Wildman–Crippen MR) is 133 cm³/mol. The van der Waals surface area contributed by atoms with Gasteiger partial charge in [-0.3, -0.25) is 4.79 Å². The normalized spacial score (nSPS) is 25.8. The molecule has 3 aliphatic heterocycles. The molecule has 1 fully saturated rings. The summed E-state index contributed by atoms with van der Waals surface area (Å²) in [6.07, 6.45) is 4.06. The van der Waals surface area contributed by atoms with Crippen molar-refractivity contribution in [2.45, 2.75) is 37.1 Å². The molecular formula is C26H21F2N5O4S. The van der Waals surface area contributed by atoms with Gasteiger partial charge in [-0.25, -0.2) is 15.0 Å². The van der Waals surface area contributed by atoms with Crippen molar-refractivity contribution < 1.29 is 28.0 Å². The Morgan fingerprint density at radius 3 is 2.76 bits per heavy atom. The molecule has 1 unspecified atom stereocenters. The third-order valence-electron chi connectivity index (χ3n) is 7.51. The second-order valence-electron chi connectivity index (χ2n) is 9.78. The minimum absolute atomic E-state index is 0.0288. The number of nitrogens with zero attached hydrogens (tertiary/aromatic N) is 4. The van der Waals surface area contributed by atoms with E-state index in [1.54, 1.807) is 18.5 Å². The molecule has 12 heteroatoms. The second kappa shape index (κ2) is 8.45. The van der Waals surface area contributed by atoms with Crippen LogP contribution in [0.4, 0.5) is 8.78 Å². The Morgan fingerprint density at radius 2 is 2.03 bits per heavy atom. The summed E-state index contributed by atoms with van der Waals surface area (Å²) in [5.41, 5.74) is 2.40. The highest BCUT2D eigenvalue weighted by Gasteiger charge is 2.44. The van der Waals surface area contributed by atoms with Gasteiger partial charge in [0.1, 0.15) is 23.1 Å². The van der Waals surface area contributed by atoms with E-state index in [-0.39, 0.29) is 29.3 Å². The van der Waals surface area contributed by atoms with Crippen molar-refractivity contribution in [3.8, 4) is 16.9 Å². The lowest BCUT2D eigenvalue weighted by Crippen LogP contribution is -2.29. The zero-order valence-electron chi connectivity index (χ0n) is 19.8. The average Bonchev–Trinajstić information content (AvgIpc) is 3.52. The lowest BCUT2D eigenvalue weighted by molar-refractivity contribution is -0.0507. The maximum atomic E-state index is 13.2. The van der Waals surface area contributed by atoms with Crippen LogP contribution in [0.3, 0.4) is 0 Å². The minimum atomic E-state index is -3.03. The van der Waals surface area contributed by atoms with Gasteiger partial charge < -0.3 is 24.3 Å². The molecule has 0 spiro atoms. The molecule has 1 saturated heterocycles. The number of imidazole rings is 1. The van der Waals surface area contributed by atoms with Crippen molar-refractivity contribution in [3.63, 3.8) is 0 Å². The number of nitrogens with one attached hydrogen (secondary N) is 1. The van der Waals surface area contributed by atoms with E-state index in [1.165, 1.54) is 12.1 Å². The monoisotopic (exact) mass is 537 g/mol. The number of aliphatic hydroxyl groups is 1. The van der Waals surface area contributed by atoms with Crippen LogP contribution in [0.25, 0.3) is 22.2 Å². The SMILES string of the molecule is O=C1N[C@@H]2C[C@H](c3c(OC(F)F)cccc31)n1c2nc2ccc(-c3cnc([C@]4(O)CC[S+]([O-])C4)nc3)cc21. The van der Waals surface area contributed by atoms with Crippen molar-refractivity contribution in [2.75, 3.05) is 11.5 Å². The molecule has 0 saturated carbocycles. The van der Waals surface area contributed by atoms with Gasteiger partial charge in [-0.1, -0.05) is 23.3 Å². The molecule has 194 valence electrons. The number of carbonyl (C=O) groups excluding carboxylic acids is 1. The van der Waals surface area contributed by atoms with Crippen molar-refractivity contribution in [2.24, 2.45) is 0 Å². The minimum Gasteiger partial charge on any atom is -0.616 e. The Morgan fingerprint density at radius 1 is 1.21 bits per heavy atom. The van der Waals surface area contributed by atoms with Crippen LogP contribution < -0.4 is 10.1 Å². The highest BCUT2D eigenvalue weighted by molar-refractivity contribution is 7.91.